The SMILES string of the molecule is O=C(O)C1CCN(Cc2cc3n(n2)CCC3)c2ccc(Br)cc21. The largest absolute Gasteiger partial charge is 0.481 e. The van der Waals surface area contributed by atoms with Crippen molar-refractivity contribution in [3.05, 3.63) is 45.7 Å². The van der Waals surface area contributed by atoms with Crippen molar-refractivity contribution in [3.63, 3.8) is 0 Å². The quantitative estimate of drug-likeness (QED) is 0.894. The zero-order valence-corrected chi connectivity index (χ0v) is 14.3. The number of rotatable bonds is 3. The molecule has 1 aromatic heterocycles. The van der Waals surface area contributed by atoms with E-state index >= 15 is 0 Å². The number of fused-ring (bicyclic) bond motifs is 2. The summed E-state index contributed by atoms with van der Waals surface area (Å²) in [7, 11) is 0. The van der Waals surface area contributed by atoms with E-state index in [0.717, 1.165) is 47.5 Å². The molecule has 5 nitrogen and oxygen atoms in total. The van der Waals surface area contributed by atoms with Gasteiger partial charge in [-0.25, -0.2) is 0 Å². The number of carboxylic acids is 1. The molecule has 2 aromatic rings. The normalized spacial score (nSPS) is 19.5. The van der Waals surface area contributed by atoms with Gasteiger partial charge in [-0.1, -0.05) is 15.9 Å². The van der Waals surface area contributed by atoms with Crippen LogP contribution in [0.3, 0.4) is 0 Å². The Morgan fingerprint density at radius 3 is 3.00 bits per heavy atom. The zero-order chi connectivity index (χ0) is 16.0. The minimum atomic E-state index is -0.745. The lowest BCUT2D eigenvalue weighted by Crippen LogP contribution is -2.33. The van der Waals surface area contributed by atoms with Gasteiger partial charge in [-0.05, 0) is 49.1 Å². The minimum Gasteiger partial charge on any atom is -0.481 e. The fourth-order valence-corrected chi connectivity index (χ4v) is 4.05. The van der Waals surface area contributed by atoms with Crippen LogP contribution in [0.5, 0.6) is 0 Å². The summed E-state index contributed by atoms with van der Waals surface area (Å²) in [6.07, 6.45) is 2.92. The highest BCUT2D eigenvalue weighted by Gasteiger charge is 2.30. The number of nitrogens with zero attached hydrogens (tertiary/aromatic N) is 3. The van der Waals surface area contributed by atoms with Crippen molar-refractivity contribution in [2.24, 2.45) is 0 Å². The molecule has 0 aliphatic carbocycles. The molecule has 1 unspecified atom stereocenters. The Hall–Kier alpha value is -1.82. The summed E-state index contributed by atoms with van der Waals surface area (Å²) in [6.45, 7) is 2.49. The predicted molar refractivity (Wildman–Crippen MR) is 90.7 cm³/mol. The van der Waals surface area contributed by atoms with Crippen molar-refractivity contribution < 1.29 is 9.90 Å². The lowest BCUT2D eigenvalue weighted by Gasteiger charge is -2.34. The lowest BCUT2D eigenvalue weighted by atomic mass is 9.90. The van der Waals surface area contributed by atoms with Crippen LogP contribution in [0.1, 0.15) is 35.7 Å². The van der Waals surface area contributed by atoms with Crippen molar-refractivity contribution in [2.75, 3.05) is 11.4 Å². The second-order valence-electron chi connectivity index (χ2n) is 6.26. The van der Waals surface area contributed by atoms with Crippen LogP contribution in [-0.2, 0) is 24.3 Å². The van der Waals surface area contributed by atoms with Crippen LogP contribution in [-0.4, -0.2) is 27.4 Å². The van der Waals surface area contributed by atoms with Crippen LogP contribution in [0.2, 0.25) is 0 Å². The van der Waals surface area contributed by atoms with E-state index in [1.165, 1.54) is 12.1 Å². The van der Waals surface area contributed by atoms with Crippen LogP contribution in [0, 0.1) is 0 Å². The Kier molecular flexibility index (Phi) is 3.64. The Bertz CT molecular complexity index is 750. The van der Waals surface area contributed by atoms with Crippen LogP contribution >= 0.6 is 15.9 Å². The smallest absolute Gasteiger partial charge is 0.311 e. The van der Waals surface area contributed by atoms with Crippen LogP contribution in [0.15, 0.2) is 28.7 Å². The van der Waals surface area contributed by atoms with Gasteiger partial charge in [0.1, 0.15) is 0 Å². The molecule has 6 heteroatoms. The van der Waals surface area contributed by atoms with Crippen LogP contribution < -0.4 is 4.90 Å². The molecule has 0 saturated heterocycles. The van der Waals surface area contributed by atoms with Gasteiger partial charge in [0.25, 0.3) is 0 Å². The zero-order valence-electron chi connectivity index (χ0n) is 12.7. The maximum Gasteiger partial charge on any atom is 0.311 e. The van der Waals surface area contributed by atoms with Gasteiger partial charge in [-0.15, -0.1) is 0 Å². The molecule has 3 heterocycles. The predicted octanol–water partition coefficient (Wildman–Crippen LogP) is 3.17. The van der Waals surface area contributed by atoms with Gasteiger partial charge in [0, 0.05) is 28.9 Å². The first-order chi connectivity index (χ1) is 11.1. The van der Waals surface area contributed by atoms with Crippen LogP contribution in [0.4, 0.5) is 5.69 Å². The maximum atomic E-state index is 11.5. The molecule has 0 radical (unpaired) electrons. The summed E-state index contributed by atoms with van der Waals surface area (Å²) in [4.78, 5) is 13.8. The topological polar surface area (TPSA) is 58.4 Å². The Morgan fingerprint density at radius 2 is 2.22 bits per heavy atom. The molecule has 120 valence electrons. The second kappa shape index (κ2) is 5.67. The summed E-state index contributed by atoms with van der Waals surface area (Å²) >= 11 is 3.46. The second-order valence-corrected chi connectivity index (χ2v) is 7.17. The van der Waals surface area contributed by atoms with Gasteiger partial charge in [-0.2, -0.15) is 5.10 Å². The third kappa shape index (κ3) is 2.65. The van der Waals surface area contributed by atoms with E-state index in [-0.39, 0.29) is 0 Å². The average molecular weight is 376 g/mol. The number of carboxylic acid groups (broad SMARTS) is 1. The van der Waals surface area contributed by atoms with Gasteiger partial charge < -0.3 is 10.0 Å². The van der Waals surface area contributed by atoms with E-state index in [0.29, 0.717) is 6.42 Å². The number of hydrogen-bond donors (Lipinski definition) is 1. The van der Waals surface area contributed by atoms with Gasteiger partial charge in [0.2, 0.25) is 0 Å². The number of aromatic nitrogens is 2. The molecule has 1 atom stereocenters. The first kappa shape index (κ1) is 14.8. The number of carbonyl (C=O) groups is 1. The van der Waals surface area contributed by atoms with Crippen molar-refractivity contribution >= 4 is 27.6 Å². The number of aryl methyl sites for hydroxylation is 2. The molecule has 4 rings (SSSR count). The summed E-state index contributed by atoms with van der Waals surface area (Å²) in [5, 5.41) is 14.2. The summed E-state index contributed by atoms with van der Waals surface area (Å²) in [5.41, 5.74) is 4.30. The molecule has 1 N–H and O–H groups in total. The maximum absolute atomic E-state index is 11.5. The summed E-state index contributed by atoms with van der Waals surface area (Å²) < 4.78 is 3.02. The first-order valence-corrected chi connectivity index (χ1v) is 8.74. The number of aliphatic carboxylic acids is 1. The van der Waals surface area contributed by atoms with E-state index in [4.69, 9.17) is 0 Å². The van der Waals surface area contributed by atoms with Crippen molar-refractivity contribution in [3.8, 4) is 0 Å². The highest BCUT2D eigenvalue weighted by Crippen LogP contribution is 2.38. The molecule has 2 aliphatic rings. The fourth-order valence-electron chi connectivity index (χ4n) is 3.67. The van der Waals surface area contributed by atoms with Gasteiger partial charge in [-0.3, -0.25) is 9.48 Å². The van der Waals surface area contributed by atoms with E-state index in [9.17, 15) is 9.90 Å². The minimum absolute atomic E-state index is 0.425. The third-order valence-electron chi connectivity index (χ3n) is 4.76. The molecule has 0 spiro atoms. The number of benzene rings is 1. The molecule has 1 aromatic carbocycles. The third-order valence-corrected chi connectivity index (χ3v) is 5.25. The average Bonchev–Trinajstić information content (AvgIpc) is 3.08. The standard InChI is InChI=1S/C17H18BrN3O2/c18-11-3-4-16-15(8-11)14(17(22)23)5-7-20(16)10-12-9-13-2-1-6-21(13)19-12/h3-4,8-9,14H,1-2,5-7,10H2,(H,22,23). The number of halogens is 1. The highest BCUT2D eigenvalue weighted by molar-refractivity contribution is 9.10. The summed E-state index contributed by atoms with van der Waals surface area (Å²) in [6, 6.07) is 8.11. The van der Waals surface area contributed by atoms with E-state index in [1.54, 1.807) is 0 Å². The van der Waals surface area contributed by atoms with Crippen molar-refractivity contribution in [1.82, 2.24) is 9.78 Å². The molecule has 2 aliphatic heterocycles. The molecule has 0 amide bonds. The van der Waals surface area contributed by atoms with Crippen LogP contribution in [0.25, 0.3) is 0 Å². The lowest BCUT2D eigenvalue weighted by molar-refractivity contribution is -0.139. The van der Waals surface area contributed by atoms with Crippen molar-refractivity contribution in [1.29, 1.82) is 0 Å². The molecule has 0 bridgehead atoms. The van der Waals surface area contributed by atoms with Gasteiger partial charge in [0.05, 0.1) is 18.2 Å². The molecule has 23 heavy (non-hydrogen) atoms. The fraction of sp³-hybridized carbons (Fsp3) is 0.412. The number of anilines is 1. The van der Waals surface area contributed by atoms with E-state index in [2.05, 4.69) is 36.7 Å². The van der Waals surface area contributed by atoms with Gasteiger partial charge in [0.15, 0.2) is 0 Å². The molecule has 0 fully saturated rings. The van der Waals surface area contributed by atoms with Crippen molar-refractivity contribution in [2.45, 2.75) is 38.3 Å². The Balaban J connectivity index is 1.64. The first-order valence-electron chi connectivity index (χ1n) is 7.94. The van der Waals surface area contributed by atoms with E-state index in [1.807, 2.05) is 18.2 Å². The molecule has 0 saturated carbocycles. The van der Waals surface area contributed by atoms with Gasteiger partial charge >= 0.3 is 5.97 Å². The monoisotopic (exact) mass is 375 g/mol. The Morgan fingerprint density at radius 1 is 1.35 bits per heavy atom. The van der Waals surface area contributed by atoms with E-state index < -0.39 is 11.9 Å². The highest BCUT2D eigenvalue weighted by atomic mass is 79.9. The summed E-state index contributed by atoms with van der Waals surface area (Å²) in [5.74, 6) is -1.17. The molecular weight excluding hydrogens is 358 g/mol. The number of hydrogen-bond acceptors (Lipinski definition) is 3. The molecular formula is C17H18BrN3O2. The Labute approximate surface area is 143 Å².